The van der Waals surface area contributed by atoms with Gasteiger partial charge in [-0.15, -0.1) is 11.6 Å². The molecule has 1 aromatic carbocycles. The zero-order chi connectivity index (χ0) is 13.9. The third-order valence-corrected chi connectivity index (χ3v) is 3.48. The molecular weight excluding hydrogens is 295 g/mol. The number of benzene rings is 1. The van der Waals surface area contributed by atoms with E-state index in [4.69, 9.17) is 27.9 Å². The van der Waals surface area contributed by atoms with Gasteiger partial charge in [0.1, 0.15) is 5.75 Å². The Morgan fingerprint density at radius 1 is 1.10 bits per heavy atom. The predicted molar refractivity (Wildman–Crippen MR) is 80.6 cm³/mol. The highest BCUT2D eigenvalue weighted by Gasteiger charge is 2.05. The highest BCUT2D eigenvalue weighted by molar-refractivity contribution is 6.32. The lowest BCUT2D eigenvalue weighted by Crippen LogP contribution is -1.91. The smallest absolute Gasteiger partial charge is 0.219 e. The number of nitrogens with zero attached hydrogens (tertiary/aromatic N) is 2. The molecule has 0 N–H and O–H groups in total. The number of ether oxygens (including phenoxy) is 1. The molecule has 3 rings (SSSR count). The summed E-state index contributed by atoms with van der Waals surface area (Å²) in [6.07, 6.45) is 3.28. The van der Waals surface area contributed by atoms with Crippen LogP contribution in [0.1, 0.15) is 5.56 Å². The first-order chi connectivity index (χ1) is 9.76. The quantitative estimate of drug-likeness (QED) is 0.651. The molecule has 2 aromatic heterocycles. The van der Waals surface area contributed by atoms with E-state index >= 15 is 0 Å². The fraction of sp³-hybridized carbons (Fsp3) is 0.0667. The lowest BCUT2D eigenvalue weighted by atomic mass is 10.2. The molecule has 0 saturated heterocycles. The second kappa shape index (κ2) is 5.65. The lowest BCUT2D eigenvalue weighted by molar-refractivity contribution is 0.463. The second-order valence-corrected chi connectivity index (χ2v) is 4.88. The van der Waals surface area contributed by atoms with Gasteiger partial charge in [0.05, 0.1) is 10.5 Å². The molecule has 100 valence electrons. The van der Waals surface area contributed by atoms with E-state index in [1.54, 1.807) is 12.3 Å². The van der Waals surface area contributed by atoms with Crippen molar-refractivity contribution in [2.24, 2.45) is 0 Å². The van der Waals surface area contributed by atoms with Crippen LogP contribution >= 0.6 is 23.2 Å². The molecule has 5 heteroatoms. The number of hydrogen-bond donors (Lipinski definition) is 0. The maximum absolute atomic E-state index is 5.96. The van der Waals surface area contributed by atoms with E-state index < -0.39 is 0 Å². The van der Waals surface area contributed by atoms with Gasteiger partial charge in [0.25, 0.3) is 0 Å². The van der Waals surface area contributed by atoms with Crippen LogP contribution in [0.15, 0.2) is 48.8 Å². The number of pyridine rings is 2. The molecule has 2 heterocycles. The molecule has 0 saturated carbocycles. The number of hydrogen-bond acceptors (Lipinski definition) is 3. The lowest BCUT2D eigenvalue weighted by Gasteiger charge is -2.07. The number of alkyl halides is 1. The van der Waals surface area contributed by atoms with E-state index in [9.17, 15) is 0 Å². The Bertz CT molecular complexity index is 762. The average Bonchev–Trinajstić information content (AvgIpc) is 2.49. The molecule has 3 nitrogen and oxygen atoms in total. The van der Waals surface area contributed by atoms with Crippen molar-refractivity contribution in [1.82, 2.24) is 9.97 Å². The van der Waals surface area contributed by atoms with Gasteiger partial charge >= 0.3 is 0 Å². The summed E-state index contributed by atoms with van der Waals surface area (Å²) in [5, 5.41) is 1.60. The van der Waals surface area contributed by atoms with Crippen molar-refractivity contribution in [3.05, 3.63) is 59.4 Å². The Morgan fingerprint density at radius 3 is 2.85 bits per heavy atom. The summed E-state index contributed by atoms with van der Waals surface area (Å²) < 4.78 is 5.72. The van der Waals surface area contributed by atoms with Crippen molar-refractivity contribution in [3.63, 3.8) is 0 Å². The highest BCUT2D eigenvalue weighted by atomic mass is 35.5. The molecule has 0 unspecified atom stereocenters. The first-order valence-corrected chi connectivity index (χ1v) is 6.90. The largest absolute Gasteiger partial charge is 0.439 e. The fourth-order valence-corrected chi connectivity index (χ4v) is 2.31. The van der Waals surface area contributed by atoms with Gasteiger partial charge in [0.15, 0.2) is 0 Å². The van der Waals surface area contributed by atoms with E-state index in [1.807, 2.05) is 30.3 Å². The van der Waals surface area contributed by atoms with Crippen molar-refractivity contribution in [2.75, 3.05) is 0 Å². The van der Waals surface area contributed by atoms with Crippen molar-refractivity contribution in [3.8, 4) is 11.6 Å². The molecule has 0 amide bonds. The predicted octanol–water partition coefficient (Wildman–Crippen LogP) is 4.81. The van der Waals surface area contributed by atoms with Gasteiger partial charge in [-0.2, -0.15) is 0 Å². The van der Waals surface area contributed by atoms with E-state index in [0.717, 1.165) is 16.5 Å². The number of fused-ring (bicyclic) bond motifs is 1. The molecule has 0 bridgehead atoms. The van der Waals surface area contributed by atoms with Gasteiger partial charge < -0.3 is 4.74 Å². The fourth-order valence-electron chi connectivity index (χ4n) is 1.85. The average molecular weight is 305 g/mol. The van der Waals surface area contributed by atoms with Crippen LogP contribution in [-0.4, -0.2) is 9.97 Å². The van der Waals surface area contributed by atoms with E-state index in [0.29, 0.717) is 22.5 Å². The van der Waals surface area contributed by atoms with Crippen LogP contribution < -0.4 is 4.74 Å². The second-order valence-electron chi connectivity index (χ2n) is 4.21. The first kappa shape index (κ1) is 13.2. The van der Waals surface area contributed by atoms with Crippen LogP contribution in [0.25, 0.3) is 10.9 Å². The Hall–Kier alpha value is -1.84. The molecule has 0 atom stereocenters. The van der Waals surface area contributed by atoms with Crippen molar-refractivity contribution < 1.29 is 4.74 Å². The molecule has 20 heavy (non-hydrogen) atoms. The highest BCUT2D eigenvalue weighted by Crippen LogP contribution is 2.26. The minimum Gasteiger partial charge on any atom is -0.439 e. The third kappa shape index (κ3) is 2.69. The van der Waals surface area contributed by atoms with Crippen LogP contribution in [-0.2, 0) is 5.88 Å². The Labute approximate surface area is 126 Å². The van der Waals surface area contributed by atoms with E-state index in [1.165, 1.54) is 6.20 Å². The minimum absolute atomic E-state index is 0.316. The molecule has 3 aromatic rings. The SMILES string of the molecule is ClCc1cc(Oc2ccc3cccnc3c2)ncc1Cl. The van der Waals surface area contributed by atoms with Crippen LogP contribution in [0.3, 0.4) is 0 Å². The van der Waals surface area contributed by atoms with Crippen LogP contribution in [0.2, 0.25) is 5.02 Å². The minimum atomic E-state index is 0.316. The summed E-state index contributed by atoms with van der Waals surface area (Å²) in [7, 11) is 0. The van der Waals surface area contributed by atoms with Gasteiger partial charge in [-0.05, 0) is 23.8 Å². The number of rotatable bonds is 3. The summed E-state index contributed by atoms with van der Waals surface area (Å²) in [6.45, 7) is 0. The molecule has 0 radical (unpaired) electrons. The van der Waals surface area contributed by atoms with Crippen molar-refractivity contribution >= 4 is 34.1 Å². The molecule has 0 aliphatic carbocycles. The summed E-state index contributed by atoms with van der Waals surface area (Å²) >= 11 is 11.8. The van der Waals surface area contributed by atoms with Gasteiger partial charge in [-0.25, -0.2) is 4.98 Å². The molecular formula is C15H10Cl2N2O. The van der Waals surface area contributed by atoms with Crippen LogP contribution in [0, 0.1) is 0 Å². The summed E-state index contributed by atoms with van der Waals surface area (Å²) in [5.41, 5.74) is 1.66. The van der Waals surface area contributed by atoms with Gasteiger partial charge in [0, 0.05) is 35.8 Å². The van der Waals surface area contributed by atoms with E-state index in [2.05, 4.69) is 9.97 Å². The standard InChI is InChI=1S/C15H10Cl2N2O/c16-8-11-6-15(19-9-13(11)17)20-12-4-3-10-2-1-5-18-14(10)7-12/h1-7,9H,8H2. The van der Waals surface area contributed by atoms with Crippen LogP contribution in [0.4, 0.5) is 0 Å². The summed E-state index contributed by atoms with van der Waals surface area (Å²) in [5.74, 6) is 1.45. The topological polar surface area (TPSA) is 35.0 Å². The normalized spacial score (nSPS) is 10.7. The van der Waals surface area contributed by atoms with Gasteiger partial charge in [-0.1, -0.05) is 17.7 Å². The summed E-state index contributed by atoms with van der Waals surface area (Å²) in [4.78, 5) is 8.42. The monoisotopic (exact) mass is 304 g/mol. The Balaban J connectivity index is 1.92. The van der Waals surface area contributed by atoms with Crippen molar-refractivity contribution in [1.29, 1.82) is 0 Å². The summed E-state index contributed by atoms with van der Waals surface area (Å²) in [6, 6.07) is 11.3. The van der Waals surface area contributed by atoms with E-state index in [-0.39, 0.29) is 0 Å². The van der Waals surface area contributed by atoms with Crippen molar-refractivity contribution in [2.45, 2.75) is 5.88 Å². The molecule has 0 spiro atoms. The number of aromatic nitrogens is 2. The number of halogens is 2. The first-order valence-electron chi connectivity index (χ1n) is 5.99. The maximum Gasteiger partial charge on any atom is 0.219 e. The molecule has 0 aliphatic rings. The zero-order valence-corrected chi connectivity index (χ0v) is 11.9. The third-order valence-electron chi connectivity index (χ3n) is 2.85. The Morgan fingerprint density at radius 2 is 2.00 bits per heavy atom. The molecule has 0 aliphatic heterocycles. The van der Waals surface area contributed by atoms with Gasteiger partial charge in [-0.3, -0.25) is 4.98 Å². The zero-order valence-electron chi connectivity index (χ0n) is 10.4. The maximum atomic E-state index is 5.96. The molecule has 0 fully saturated rings. The van der Waals surface area contributed by atoms with Crippen LogP contribution in [0.5, 0.6) is 11.6 Å². The Kier molecular flexibility index (Phi) is 3.72. The van der Waals surface area contributed by atoms with Gasteiger partial charge in [0.2, 0.25) is 5.88 Å².